The van der Waals surface area contributed by atoms with Crippen molar-refractivity contribution >= 4 is 0 Å². The standard InChI is InChI=1S/C23H27N3O2/c1-17-9-7-8-12-21(17)23(28)13-14-25(16-23)15-20-18(2)24(3)26(22(20)27)19-10-5-4-6-11-19/h4-12,28H,13-16H2,1-3H3/t23-/m1/s1. The minimum atomic E-state index is -0.855. The fraction of sp³-hybridized carbons (Fsp3) is 0.348. The van der Waals surface area contributed by atoms with Gasteiger partial charge in [-0.3, -0.25) is 14.4 Å². The van der Waals surface area contributed by atoms with Crippen molar-refractivity contribution in [3.8, 4) is 5.69 Å². The van der Waals surface area contributed by atoms with E-state index >= 15 is 0 Å². The molecule has 1 N–H and O–H groups in total. The molecule has 0 unspecified atom stereocenters. The molecule has 5 nitrogen and oxygen atoms in total. The van der Waals surface area contributed by atoms with Crippen LogP contribution >= 0.6 is 0 Å². The van der Waals surface area contributed by atoms with Gasteiger partial charge in [-0.1, -0.05) is 42.5 Å². The normalized spacial score (nSPS) is 20.0. The molecule has 1 atom stereocenters. The van der Waals surface area contributed by atoms with E-state index in [1.807, 2.05) is 80.2 Å². The van der Waals surface area contributed by atoms with Gasteiger partial charge >= 0.3 is 0 Å². The van der Waals surface area contributed by atoms with Crippen molar-refractivity contribution < 1.29 is 5.11 Å². The molecule has 0 spiro atoms. The molecule has 0 saturated carbocycles. The average molecular weight is 377 g/mol. The largest absolute Gasteiger partial charge is 0.384 e. The van der Waals surface area contributed by atoms with Gasteiger partial charge in [0.1, 0.15) is 5.60 Å². The van der Waals surface area contributed by atoms with Crippen LogP contribution in [0.2, 0.25) is 0 Å². The van der Waals surface area contributed by atoms with Crippen LogP contribution in [0.1, 0.15) is 28.8 Å². The topological polar surface area (TPSA) is 50.4 Å². The first-order valence-corrected chi connectivity index (χ1v) is 9.74. The maximum absolute atomic E-state index is 13.1. The Bertz CT molecular complexity index is 1050. The second kappa shape index (κ2) is 7.08. The summed E-state index contributed by atoms with van der Waals surface area (Å²) in [7, 11) is 1.92. The smallest absolute Gasteiger partial charge is 0.276 e. The van der Waals surface area contributed by atoms with Gasteiger partial charge in [0.2, 0.25) is 0 Å². The minimum Gasteiger partial charge on any atom is -0.384 e. The summed E-state index contributed by atoms with van der Waals surface area (Å²) in [5.74, 6) is 0. The van der Waals surface area contributed by atoms with Crippen molar-refractivity contribution in [2.24, 2.45) is 7.05 Å². The zero-order valence-electron chi connectivity index (χ0n) is 16.7. The van der Waals surface area contributed by atoms with Crippen molar-refractivity contribution in [3.05, 3.63) is 87.3 Å². The van der Waals surface area contributed by atoms with Gasteiger partial charge in [-0.25, -0.2) is 4.68 Å². The van der Waals surface area contributed by atoms with E-state index in [1.54, 1.807) is 4.68 Å². The average Bonchev–Trinajstić information content (AvgIpc) is 3.17. The number of aliphatic hydroxyl groups is 1. The Balaban J connectivity index is 1.61. The van der Waals surface area contributed by atoms with Crippen molar-refractivity contribution in [2.45, 2.75) is 32.4 Å². The first-order chi connectivity index (χ1) is 13.4. The van der Waals surface area contributed by atoms with E-state index in [2.05, 4.69) is 4.90 Å². The Kier molecular flexibility index (Phi) is 4.73. The third kappa shape index (κ3) is 3.11. The fourth-order valence-corrected chi connectivity index (χ4v) is 4.35. The van der Waals surface area contributed by atoms with Crippen molar-refractivity contribution in [3.63, 3.8) is 0 Å². The predicted molar refractivity (Wildman–Crippen MR) is 111 cm³/mol. The molecule has 1 aliphatic rings. The summed E-state index contributed by atoms with van der Waals surface area (Å²) in [5.41, 5.74) is 3.87. The summed E-state index contributed by atoms with van der Waals surface area (Å²) in [5, 5.41) is 11.2. The first-order valence-electron chi connectivity index (χ1n) is 9.74. The predicted octanol–water partition coefficient (Wildman–Crippen LogP) is 2.89. The van der Waals surface area contributed by atoms with Crippen LogP contribution in [0.4, 0.5) is 0 Å². The Labute approximate surface area is 165 Å². The summed E-state index contributed by atoms with van der Waals surface area (Å²) >= 11 is 0. The van der Waals surface area contributed by atoms with Gasteiger partial charge in [-0.2, -0.15) is 0 Å². The number of nitrogens with zero attached hydrogens (tertiary/aromatic N) is 3. The van der Waals surface area contributed by atoms with Gasteiger partial charge in [0, 0.05) is 32.4 Å². The highest BCUT2D eigenvalue weighted by Gasteiger charge is 2.39. The first kappa shape index (κ1) is 18.7. The molecule has 1 fully saturated rings. The van der Waals surface area contributed by atoms with E-state index in [9.17, 15) is 9.90 Å². The number of rotatable bonds is 4. The maximum atomic E-state index is 13.1. The van der Waals surface area contributed by atoms with E-state index in [-0.39, 0.29) is 5.56 Å². The van der Waals surface area contributed by atoms with Crippen LogP contribution < -0.4 is 5.56 Å². The molecule has 3 aromatic rings. The molecule has 2 aromatic carbocycles. The number of para-hydroxylation sites is 1. The van der Waals surface area contributed by atoms with Crippen LogP contribution in [0, 0.1) is 13.8 Å². The zero-order chi connectivity index (χ0) is 19.9. The molecule has 5 heteroatoms. The summed E-state index contributed by atoms with van der Waals surface area (Å²) in [6, 6.07) is 17.7. The molecule has 28 heavy (non-hydrogen) atoms. The zero-order valence-corrected chi connectivity index (χ0v) is 16.7. The van der Waals surface area contributed by atoms with Crippen LogP contribution in [0.3, 0.4) is 0 Å². The quantitative estimate of drug-likeness (QED) is 0.761. The number of likely N-dealkylation sites (tertiary alicyclic amines) is 1. The van der Waals surface area contributed by atoms with Crippen LogP contribution in [-0.2, 0) is 19.2 Å². The monoisotopic (exact) mass is 377 g/mol. The molecule has 4 rings (SSSR count). The van der Waals surface area contributed by atoms with Gasteiger partial charge in [0.15, 0.2) is 0 Å². The molecule has 2 heterocycles. The van der Waals surface area contributed by atoms with Crippen LogP contribution in [0.25, 0.3) is 5.69 Å². The van der Waals surface area contributed by atoms with Gasteiger partial charge in [-0.05, 0) is 43.5 Å². The highest BCUT2D eigenvalue weighted by atomic mass is 16.3. The van der Waals surface area contributed by atoms with Crippen molar-refractivity contribution in [2.75, 3.05) is 13.1 Å². The molecular weight excluding hydrogens is 350 g/mol. The van der Waals surface area contributed by atoms with E-state index in [0.717, 1.165) is 34.6 Å². The number of benzene rings is 2. The van der Waals surface area contributed by atoms with Gasteiger partial charge < -0.3 is 5.11 Å². The lowest BCUT2D eigenvalue weighted by Gasteiger charge is -2.25. The minimum absolute atomic E-state index is 0.0116. The number of aromatic nitrogens is 2. The Morgan fingerprint density at radius 2 is 1.71 bits per heavy atom. The molecule has 146 valence electrons. The van der Waals surface area contributed by atoms with Gasteiger partial charge in [-0.15, -0.1) is 0 Å². The maximum Gasteiger partial charge on any atom is 0.276 e. The third-order valence-corrected chi connectivity index (χ3v) is 6.03. The molecule has 0 aliphatic carbocycles. The summed E-state index contributed by atoms with van der Waals surface area (Å²) in [6.07, 6.45) is 0.677. The number of hydrogen-bond acceptors (Lipinski definition) is 3. The van der Waals surface area contributed by atoms with E-state index in [0.29, 0.717) is 19.5 Å². The van der Waals surface area contributed by atoms with E-state index in [1.165, 1.54) is 0 Å². The molecule has 0 amide bonds. The second-order valence-corrected chi connectivity index (χ2v) is 7.85. The van der Waals surface area contributed by atoms with Crippen molar-refractivity contribution in [1.29, 1.82) is 0 Å². The highest BCUT2D eigenvalue weighted by Crippen LogP contribution is 2.34. The number of β-amino-alcohol motifs (C(OH)–C–C–N with tert-alkyl or cyclic N) is 1. The lowest BCUT2D eigenvalue weighted by Crippen LogP contribution is -2.32. The third-order valence-electron chi connectivity index (χ3n) is 6.03. The Morgan fingerprint density at radius 3 is 2.43 bits per heavy atom. The number of hydrogen-bond donors (Lipinski definition) is 1. The van der Waals surface area contributed by atoms with E-state index < -0.39 is 5.60 Å². The summed E-state index contributed by atoms with van der Waals surface area (Å²) in [4.78, 5) is 15.3. The molecular formula is C23H27N3O2. The molecule has 0 bridgehead atoms. The van der Waals surface area contributed by atoms with Gasteiger partial charge in [0.05, 0.1) is 11.3 Å². The van der Waals surface area contributed by atoms with Gasteiger partial charge in [0.25, 0.3) is 5.56 Å². The van der Waals surface area contributed by atoms with Crippen LogP contribution in [0.15, 0.2) is 59.4 Å². The molecule has 1 saturated heterocycles. The molecule has 1 aromatic heterocycles. The Morgan fingerprint density at radius 1 is 1.04 bits per heavy atom. The summed E-state index contributed by atoms with van der Waals surface area (Å²) < 4.78 is 3.63. The van der Waals surface area contributed by atoms with Crippen LogP contribution in [-0.4, -0.2) is 32.5 Å². The molecule has 1 aliphatic heterocycles. The molecule has 0 radical (unpaired) electrons. The van der Waals surface area contributed by atoms with Crippen molar-refractivity contribution in [1.82, 2.24) is 14.3 Å². The highest BCUT2D eigenvalue weighted by molar-refractivity contribution is 5.34. The fourth-order valence-electron chi connectivity index (χ4n) is 4.35. The SMILES string of the molecule is Cc1ccccc1[C@@]1(O)CCN(Cc2c(C)n(C)n(-c3ccccc3)c2=O)C1. The lowest BCUT2D eigenvalue weighted by molar-refractivity contribution is 0.0446. The lowest BCUT2D eigenvalue weighted by atomic mass is 9.89. The Hall–Kier alpha value is -2.63. The van der Waals surface area contributed by atoms with E-state index in [4.69, 9.17) is 0 Å². The number of aryl methyl sites for hydroxylation is 1. The summed E-state index contributed by atoms with van der Waals surface area (Å²) in [6.45, 7) is 5.88. The van der Waals surface area contributed by atoms with Crippen LogP contribution in [0.5, 0.6) is 0 Å². The second-order valence-electron chi connectivity index (χ2n) is 7.85.